The fraction of sp³-hybridized carbons (Fsp3) is 1.00. The highest BCUT2D eigenvalue weighted by atomic mass is 35.5. The Morgan fingerprint density at radius 3 is 2.40 bits per heavy atom. The second-order valence-corrected chi connectivity index (χ2v) is 6.37. The minimum absolute atomic E-state index is 0.661. The molecule has 2 nitrogen and oxygen atoms in total. The van der Waals surface area contributed by atoms with Gasteiger partial charge in [0.05, 0.1) is 0 Å². The van der Waals surface area contributed by atoms with Gasteiger partial charge in [0.25, 0.3) is 0 Å². The maximum atomic E-state index is 5.47. The molecule has 0 rings (SSSR count). The van der Waals surface area contributed by atoms with Gasteiger partial charge >= 0.3 is 8.56 Å². The van der Waals surface area contributed by atoms with E-state index >= 15 is 0 Å². The lowest BCUT2D eigenvalue weighted by Crippen LogP contribution is -2.33. The van der Waals surface area contributed by atoms with Crippen LogP contribution in [0.4, 0.5) is 0 Å². The molecule has 0 atom stereocenters. The Hall–Kier alpha value is 0.427. The first-order chi connectivity index (χ1) is 4.62. The highest BCUT2D eigenvalue weighted by Gasteiger charge is 2.21. The van der Waals surface area contributed by atoms with Crippen molar-refractivity contribution in [3.05, 3.63) is 0 Å². The molecule has 4 heteroatoms. The fourth-order valence-electron chi connectivity index (χ4n) is 0.431. The maximum Gasteiger partial charge on any atom is 0.331 e. The van der Waals surface area contributed by atoms with E-state index in [-0.39, 0.29) is 0 Å². The van der Waals surface area contributed by atoms with Gasteiger partial charge in [-0.25, -0.2) is 0 Å². The van der Waals surface area contributed by atoms with Crippen LogP contribution in [0.2, 0.25) is 13.1 Å². The summed E-state index contributed by atoms with van der Waals surface area (Å²) >= 11 is 5.47. The highest BCUT2D eigenvalue weighted by Crippen LogP contribution is 2.04. The van der Waals surface area contributed by atoms with E-state index in [0.29, 0.717) is 5.88 Å². The van der Waals surface area contributed by atoms with Crippen LogP contribution < -0.4 is 0 Å². The SMILES string of the molecule is CO[Si](C)(C)OCCCCl. The zero-order valence-electron chi connectivity index (χ0n) is 6.82. The lowest BCUT2D eigenvalue weighted by Gasteiger charge is -2.19. The first-order valence-corrected chi connectivity index (χ1v) is 6.72. The molecule has 0 aliphatic rings. The smallest absolute Gasteiger partial charge is 0.331 e. The number of alkyl halides is 1. The van der Waals surface area contributed by atoms with Crippen molar-refractivity contribution in [2.45, 2.75) is 19.5 Å². The summed E-state index contributed by atoms with van der Waals surface area (Å²) in [4.78, 5) is 0. The van der Waals surface area contributed by atoms with Crippen molar-refractivity contribution in [3.8, 4) is 0 Å². The van der Waals surface area contributed by atoms with Gasteiger partial charge in [0.15, 0.2) is 0 Å². The molecule has 0 aliphatic heterocycles. The summed E-state index contributed by atoms with van der Waals surface area (Å²) in [6.45, 7) is 4.75. The Balaban J connectivity index is 3.28. The van der Waals surface area contributed by atoms with Crippen LogP contribution in [0.25, 0.3) is 0 Å². The van der Waals surface area contributed by atoms with Crippen molar-refractivity contribution in [2.24, 2.45) is 0 Å². The average molecular weight is 183 g/mol. The van der Waals surface area contributed by atoms with Gasteiger partial charge in [0, 0.05) is 19.6 Å². The quantitative estimate of drug-likeness (QED) is 0.368. The van der Waals surface area contributed by atoms with Crippen LogP contribution in [0.15, 0.2) is 0 Å². The van der Waals surface area contributed by atoms with Crippen molar-refractivity contribution in [1.82, 2.24) is 0 Å². The maximum absolute atomic E-state index is 5.47. The molecule has 0 aliphatic carbocycles. The van der Waals surface area contributed by atoms with Crippen molar-refractivity contribution in [1.29, 1.82) is 0 Å². The second-order valence-electron chi connectivity index (χ2n) is 2.49. The van der Waals surface area contributed by atoms with Crippen LogP contribution in [-0.4, -0.2) is 28.2 Å². The number of hydrogen-bond acceptors (Lipinski definition) is 2. The molecular weight excluding hydrogens is 168 g/mol. The Morgan fingerprint density at radius 1 is 1.40 bits per heavy atom. The van der Waals surface area contributed by atoms with E-state index in [1.54, 1.807) is 7.11 Å². The lowest BCUT2D eigenvalue weighted by molar-refractivity contribution is 0.212. The van der Waals surface area contributed by atoms with Gasteiger partial charge in [-0.3, -0.25) is 0 Å². The topological polar surface area (TPSA) is 18.5 Å². The molecule has 0 radical (unpaired) electrons. The van der Waals surface area contributed by atoms with Crippen molar-refractivity contribution in [3.63, 3.8) is 0 Å². The summed E-state index contributed by atoms with van der Waals surface area (Å²) in [6.07, 6.45) is 0.904. The Morgan fingerprint density at radius 2 is 2.00 bits per heavy atom. The molecule has 10 heavy (non-hydrogen) atoms. The van der Waals surface area contributed by atoms with Gasteiger partial charge < -0.3 is 8.85 Å². The Kier molecular flexibility index (Phi) is 5.35. The van der Waals surface area contributed by atoms with E-state index in [4.69, 9.17) is 20.5 Å². The van der Waals surface area contributed by atoms with Gasteiger partial charge in [0.2, 0.25) is 0 Å². The first-order valence-electron chi connectivity index (χ1n) is 3.37. The molecule has 0 aromatic carbocycles. The van der Waals surface area contributed by atoms with Crippen molar-refractivity contribution >= 4 is 20.2 Å². The zero-order valence-corrected chi connectivity index (χ0v) is 8.57. The van der Waals surface area contributed by atoms with E-state index in [0.717, 1.165) is 13.0 Å². The third-order valence-electron chi connectivity index (χ3n) is 1.22. The average Bonchev–Trinajstić information content (AvgIpc) is 1.89. The molecule has 0 heterocycles. The first kappa shape index (κ1) is 10.4. The predicted octanol–water partition coefficient (Wildman–Crippen LogP) is 1.98. The summed E-state index contributed by atoms with van der Waals surface area (Å²) in [7, 11) is -0.0857. The summed E-state index contributed by atoms with van der Waals surface area (Å²) in [6, 6.07) is 0. The predicted molar refractivity (Wildman–Crippen MR) is 45.8 cm³/mol. The largest absolute Gasteiger partial charge is 0.398 e. The fourth-order valence-corrected chi connectivity index (χ4v) is 1.29. The van der Waals surface area contributed by atoms with E-state index in [1.807, 2.05) is 13.1 Å². The molecule has 62 valence electrons. The van der Waals surface area contributed by atoms with E-state index < -0.39 is 8.56 Å². The number of hydrogen-bond donors (Lipinski definition) is 0. The minimum Gasteiger partial charge on any atom is -0.398 e. The summed E-state index contributed by atoms with van der Waals surface area (Å²) < 4.78 is 10.6. The highest BCUT2D eigenvalue weighted by molar-refractivity contribution is 6.64. The van der Waals surface area contributed by atoms with Gasteiger partial charge in [-0.15, -0.1) is 11.6 Å². The minimum atomic E-state index is -1.77. The van der Waals surface area contributed by atoms with Gasteiger partial charge in [-0.05, 0) is 19.5 Å². The molecule has 0 unspecified atom stereocenters. The summed E-state index contributed by atoms with van der Waals surface area (Å²) in [5.41, 5.74) is 0. The molecule has 0 aromatic heterocycles. The van der Waals surface area contributed by atoms with Crippen molar-refractivity contribution < 1.29 is 8.85 Å². The number of halogens is 1. The molecule has 0 aromatic rings. The summed E-state index contributed by atoms with van der Waals surface area (Å²) in [5.74, 6) is 0.661. The van der Waals surface area contributed by atoms with Gasteiger partial charge in [-0.1, -0.05) is 0 Å². The third kappa shape index (κ3) is 5.23. The van der Waals surface area contributed by atoms with E-state index in [9.17, 15) is 0 Å². The zero-order chi connectivity index (χ0) is 8.04. The number of rotatable bonds is 5. The molecule has 0 fully saturated rings. The van der Waals surface area contributed by atoms with Gasteiger partial charge in [0.1, 0.15) is 0 Å². The third-order valence-corrected chi connectivity index (χ3v) is 3.37. The van der Waals surface area contributed by atoms with Gasteiger partial charge in [-0.2, -0.15) is 0 Å². The molecular formula is C6H15ClO2Si. The van der Waals surface area contributed by atoms with E-state index in [1.165, 1.54) is 0 Å². The molecule has 0 spiro atoms. The van der Waals surface area contributed by atoms with Crippen LogP contribution in [-0.2, 0) is 8.85 Å². The van der Waals surface area contributed by atoms with Crippen LogP contribution in [0.3, 0.4) is 0 Å². The van der Waals surface area contributed by atoms with Crippen LogP contribution in [0.1, 0.15) is 6.42 Å². The molecule has 0 bridgehead atoms. The lowest BCUT2D eigenvalue weighted by atomic mass is 10.5. The second kappa shape index (κ2) is 5.13. The standard InChI is InChI=1S/C6H15ClO2Si/c1-8-10(2,3)9-6-4-5-7/h4-6H2,1-3H3. The van der Waals surface area contributed by atoms with Crippen LogP contribution in [0, 0.1) is 0 Å². The molecule has 0 saturated heterocycles. The molecule has 0 saturated carbocycles. The summed E-state index contributed by atoms with van der Waals surface area (Å²) in [5, 5.41) is 0. The van der Waals surface area contributed by atoms with Crippen molar-refractivity contribution in [2.75, 3.05) is 19.6 Å². The molecule has 0 N–H and O–H groups in total. The monoisotopic (exact) mass is 182 g/mol. The Bertz CT molecular complexity index is 87.8. The van der Waals surface area contributed by atoms with E-state index in [2.05, 4.69) is 0 Å². The van der Waals surface area contributed by atoms with Crippen LogP contribution >= 0.6 is 11.6 Å². The molecule has 0 amide bonds. The normalized spacial score (nSPS) is 12.0. The Labute approximate surface area is 68.7 Å². The van der Waals surface area contributed by atoms with Crippen LogP contribution in [0.5, 0.6) is 0 Å².